The lowest BCUT2D eigenvalue weighted by molar-refractivity contribution is 0.0988. The number of benzene rings is 1. The van der Waals surface area contributed by atoms with Crippen molar-refractivity contribution in [2.24, 2.45) is 0 Å². The number of nitrogens with one attached hydrogen (secondary N) is 1. The van der Waals surface area contributed by atoms with Crippen molar-refractivity contribution in [2.75, 3.05) is 5.32 Å². The van der Waals surface area contributed by atoms with Crippen molar-refractivity contribution in [2.45, 2.75) is 6.92 Å². The Morgan fingerprint density at radius 1 is 1.19 bits per heavy atom. The molecule has 0 aliphatic heterocycles. The summed E-state index contributed by atoms with van der Waals surface area (Å²) in [5.74, 6) is -0.878. The predicted octanol–water partition coefficient (Wildman–Crippen LogP) is 3.83. The number of halogens is 2. The molecule has 0 atom stereocenters. The Balaban J connectivity index is 1.68. The highest BCUT2D eigenvalue weighted by Crippen LogP contribution is 2.26. The third-order valence-electron chi connectivity index (χ3n) is 3.74. The van der Waals surface area contributed by atoms with Crippen molar-refractivity contribution in [3.8, 4) is 11.3 Å². The first-order valence-electron chi connectivity index (χ1n) is 7.67. The molecule has 4 rings (SSSR count). The van der Waals surface area contributed by atoms with Crippen molar-refractivity contribution in [1.82, 2.24) is 14.4 Å². The maximum Gasteiger partial charge on any atom is 0.291 e. The van der Waals surface area contributed by atoms with Gasteiger partial charge in [0, 0.05) is 35.9 Å². The first kappa shape index (κ1) is 15.9. The topological polar surface area (TPSA) is 72.4 Å². The summed E-state index contributed by atoms with van der Waals surface area (Å²) in [6, 6.07) is 5.45. The number of nitrogens with zero attached hydrogens (tertiary/aromatic N) is 3. The molecule has 3 aromatic heterocycles. The van der Waals surface area contributed by atoms with Crippen LogP contribution in [0.2, 0.25) is 0 Å². The second kappa shape index (κ2) is 6.07. The SMILES string of the molecule is Cc1cnc2nc(-c3cc(NC(=O)c4ccc(F)o4)ccc3F)cn2c1. The van der Waals surface area contributed by atoms with Crippen molar-refractivity contribution in [3.63, 3.8) is 0 Å². The van der Waals surface area contributed by atoms with Gasteiger partial charge in [0.05, 0.1) is 5.69 Å². The molecule has 0 aliphatic rings. The maximum atomic E-state index is 14.3. The predicted molar refractivity (Wildman–Crippen MR) is 89.7 cm³/mol. The monoisotopic (exact) mass is 354 g/mol. The van der Waals surface area contributed by atoms with Gasteiger partial charge in [-0.2, -0.15) is 4.39 Å². The molecule has 4 aromatic rings. The number of carbonyl (C=O) groups is 1. The van der Waals surface area contributed by atoms with Gasteiger partial charge in [0.25, 0.3) is 11.9 Å². The molecular weight excluding hydrogens is 342 g/mol. The van der Waals surface area contributed by atoms with Gasteiger partial charge in [-0.1, -0.05) is 0 Å². The van der Waals surface area contributed by atoms with Gasteiger partial charge >= 0.3 is 0 Å². The van der Waals surface area contributed by atoms with Crippen LogP contribution in [0.15, 0.2) is 53.3 Å². The first-order chi connectivity index (χ1) is 12.5. The lowest BCUT2D eigenvalue weighted by atomic mass is 10.1. The molecule has 3 heterocycles. The van der Waals surface area contributed by atoms with Gasteiger partial charge in [-0.25, -0.2) is 14.4 Å². The number of rotatable bonds is 3. The standard InChI is InChI=1S/C18H12F2N4O2/c1-10-7-21-18-23-14(9-24(18)8-10)12-6-11(2-3-13(12)19)22-17(25)15-4-5-16(20)26-15/h2-9H,1H3,(H,22,25). The zero-order chi connectivity index (χ0) is 18.3. The van der Waals surface area contributed by atoms with E-state index >= 15 is 0 Å². The lowest BCUT2D eigenvalue weighted by Gasteiger charge is -2.06. The van der Waals surface area contributed by atoms with E-state index in [4.69, 9.17) is 0 Å². The largest absolute Gasteiger partial charge is 0.426 e. The van der Waals surface area contributed by atoms with E-state index in [1.54, 1.807) is 16.8 Å². The van der Waals surface area contributed by atoms with E-state index in [2.05, 4.69) is 19.7 Å². The normalized spacial score (nSPS) is 11.0. The minimum atomic E-state index is -0.859. The van der Waals surface area contributed by atoms with Crippen LogP contribution < -0.4 is 5.32 Å². The highest BCUT2D eigenvalue weighted by Gasteiger charge is 2.15. The molecule has 26 heavy (non-hydrogen) atoms. The number of imidazole rings is 1. The molecule has 1 amide bonds. The van der Waals surface area contributed by atoms with E-state index < -0.39 is 17.7 Å². The third kappa shape index (κ3) is 2.92. The van der Waals surface area contributed by atoms with Gasteiger partial charge in [0.2, 0.25) is 5.78 Å². The second-order valence-electron chi connectivity index (χ2n) is 5.72. The summed E-state index contributed by atoms with van der Waals surface area (Å²) in [5, 5.41) is 2.54. The van der Waals surface area contributed by atoms with Crippen molar-refractivity contribution < 1.29 is 18.0 Å². The Morgan fingerprint density at radius 3 is 2.81 bits per heavy atom. The Morgan fingerprint density at radius 2 is 2.04 bits per heavy atom. The average molecular weight is 354 g/mol. The molecule has 6 nitrogen and oxygen atoms in total. The molecule has 0 spiro atoms. The molecular formula is C18H12F2N4O2. The number of amides is 1. The highest BCUT2D eigenvalue weighted by atomic mass is 19.1. The molecule has 0 bridgehead atoms. The van der Waals surface area contributed by atoms with Crippen LogP contribution in [0.3, 0.4) is 0 Å². The van der Waals surface area contributed by atoms with Crippen molar-refractivity contribution in [1.29, 1.82) is 0 Å². The lowest BCUT2D eigenvalue weighted by Crippen LogP contribution is -2.11. The number of hydrogen-bond acceptors (Lipinski definition) is 4. The molecule has 0 fully saturated rings. The van der Waals surface area contributed by atoms with Gasteiger partial charge in [-0.3, -0.25) is 9.20 Å². The van der Waals surface area contributed by atoms with E-state index in [0.29, 0.717) is 17.2 Å². The molecule has 0 unspecified atom stereocenters. The van der Waals surface area contributed by atoms with Crippen molar-refractivity contribution >= 4 is 17.4 Å². The van der Waals surface area contributed by atoms with E-state index in [9.17, 15) is 13.6 Å². The Bertz CT molecular complexity index is 1130. The fourth-order valence-electron chi connectivity index (χ4n) is 2.54. The third-order valence-corrected chi connectivity index (χ3v) is 3.74. The molecule has 0 radical (unpaired) electrons. The molecule has 0 saturated heterocycles. The number of furan rings is 1. The summed E-state index contributed by atoms with van der Waals surface area (Å²) in [7, 11) is 0. The number of aryl methyl sites for hydroxylation is 1. The number of carbonyl (C=O) groups excluding carboxylic acids is 1. The Labute approximate surface area is 146 Å². The van der Waals surface area contributed by atoms with Gasteiger partial charge in [0.1, 0.15) is 5.82 Å². The van der Waals surface area contributed by atoms with Crippen LogP contribution in [0, 0.1) is 18.8 Å². The van der Waals surface area contributed by atoms with Crippen LogP contribution in [0.25, 0.3) is 17.0 Å². The van der Waals surface area contributed by atoms with Crippen LogP contribution in [0.1, 0.15) is 16.1 Å². The number of fused-ring (bicyclic) bond motifs is 1. The van der Waals surface area contributed by atoms with Crippen LogP contribution in [-0.4, -0.2) is 20.3 Å². The van der Waals surface area contributed by atoms with E-state index in [0.717, 1.165) is 11.6 Å². The van der Waals surface area contributed by atoms with E-state index in [-0.39, 0.29) is 11.3 Å². The summed E-state index contributed by atoms with van der Waals surface area (Å²) in [4.78, 5) is 20.5. The molecule has 1 aromatic carbocycles. The van der Waals surface area contributed by atoms with E-state index in [1.807, 2.05) is 13.1 Å². The van der Waals surface area contributed by atoms with Crippen molar-refractivity contribution in [3.05, 3.63) is 72.1 Å². The summed E-state index contributed by atoms with van der Waals surface area (Å²) < 4.78 is 33.5. The minimum absolute atomic E-state index is 0.180. The van der Waals surface area contributed by atoms with Crippen LogP contribution in [0.5, 0.6) is 0 Å². The molecule has 130 valence electrons. The molecule has 0 saturated carbocycles. The summed E-state index contributed by atoms with van der Waals surface area (Å²) in [6.45, 7) is 1.89. The Hall–Kier alpha value is -3.55. The van der Waals surface area contributed by atoms with Crippen LogP contribution in [-0.2, 0) is 0 Å². The molecule has 0 aliphatic carbocycles. The fraction of sp³-hybridized carbons (Fsp3) is 0.0556. The number of aromatic nitrogens is 3. The average Bonchev–Trinajstić information content (AvgIpc) is 3.22. The number of hydrogen-bond donors (Lipinski definition) is 1. The summed E-state index contributed by atoms with van der Waals surface area (Å²) in [5.41, 5.74) is 1.84. The minimum Gasteiger partial charge on any atom is -0.426 e. The first-order valence-corrected chi connectivity index (χ1v) is 7.67. The summed E-state index contributed by atoms with van der Waals surface area (Å²) in [6.07, 6.45) is 5.15. The van der Waals surface area contributed by atoms with E-state index in [1.165, 1.54) is 24.3 Å². The molecule has 1 N–H and O–H groups in total. The fourth-order valence-corrected chi connectivity index (χ4v) is 2.54. The quantitative estimate of drug-likeness (QED) is 0.607. The van der Waals surface area contributed by atoms with Gasteiger partial charge in [-0.05, 0) is 36.8 Å². The molecule has 8 heteroatoms. The summed E-state index contributed by atoms with van der Waals surface area (Å²) >= 11 is 0. The van der Waals surface area contributed by atoms with Gasteiger partial charge in [0.15, 0.2) is 5.76 Å². The Kier molecular flexibility index (Phi) is 3.72. The zero-order valence-electron chi connectivity index (χ0n) is 13.5. The maximum absolute atomic E-state index is 14.3. The number of anilines is 1. The highest BCUT2D eigenvalue weighted by molar-refractivity contribution is 6.02. The smallest absolute Gasteiger partial charge is 0.291 e. The van der Waals surface area contributed by atoms with Gasteiger partial charge in [-0.15, -0.1) is 0 Å². The second-order valence-corrected chi connectivity index (χ2v) is 5.72. The van der Waals surface area contributed by atoms with Crippen LogP contribution >= 0.6 is 0 Å². The van der Waals surface area contributed by atoms with Crippen LogP contribution in [0.4, 0.5) is 14.5 Å². The van der Waals surface area contributed by atoms with Gasteiger partial charge < -0.3 is 9.73 Å². The zero-order valence-corrected chi connectivity index (χ0v) is 13.5.